The molecule has 1 fully saturated rings. The normalized spacial score (nSPS) is 24.8. The molecule has 0 aliphatic carbocycles. The molecule has 0 radical (unpaired) electrons. The molecule has 0 saturated carbocycles. The lowest BCUT2D eigenvalue weighted by Crippen LogP contribution is -2.48. The summed E-state index contributed by atoms with van der Waals surface area (Å²) in [4.78, 5) is 0. The maximum atomic E-state index is 13.3. The molecule has 0 bridgehead atoms. The summed E-state index contributed by atoms with van der Waals surface area (Å²) < 4.78 is 18.7. The minimum Gasteiger partial charge on any atom is -0.396 e. The van der Waals surface area contributed by atoms with Gasteiger partial charge < -0.3 is 15.8 Å². The van der Waals surface area contributed by atoms with Crippen molar-refractivity contribution >= 4 is 5.69 Å². The minimum absolute atomic E-state index is 0.0307. The summed E-state index contributed by atoms with van der Waals surface area (Å²) in [5.74, 6) is -0.352. The number of rotatable bonds is 3. The van der Waals surface area contributed by atoms with Gasteiger partial charge in [-0.25, -0.2) is 4.39 Å². The molecule has 0 aromatic heterocycles. The number of para-hydroxylation sites is 1. The van der Waals surface area contributed by atoms with Crippen molar-refractivity contribution in [1.82, 2.24) is 5.32 Å². The van der Waals surface area contributed by atoms with E-state index in [4.69, 9.17) is 10.5 Å². The van der Waals surface area contributed by atoms with Crippen LogP contribution < -0.4 is 11.1 Å². The van der Waals surface area contributed by atoms with Gasteiger partial charge in [-0.15, -0.1) is 0 Å². The first-order valence-electron chi connectivity index (χ1n) is 5.96. The summed E-state index contributed by atoms with van der Waals surface area (Å²) in [5, 5.41) is 3.41. The highest BCUT2D eigenvalue weighted by molar-refractivity contribution is 5.47. The standard InChI is InChI=1S/C13H19FN2O/c1-13(6-3-7-17-9-13)16-8-10-4-2-5-11(14)12(10)15/h2,4-5,16H,3,6-9,15H2,1H3. The van der Waals surface area contributed by atoms with Gasteiger partial charge in [0.2, 0.25) is 0 Å². The molecule has 4 heteroatoms. The summed E-state index contributed by atoms with van der Waals surface area (Å²) >= 11 is 0. The van der Waals surface area contributed by atoms with Crippen LogP contribution in [0.5, 0.6) is 0 Å². The van der Waals surface area contributed by atoms with Crippen LogP contribution in [-0.2, 0) is 11.3 Å². The Labute approximate surface area is 101 Å². The molecule has 1 heterocycles. The lowest BCUT2D eigenvalue weighted by atomic mass is 9.94. The molecular weight excluding hydrogens is 219 g/mol. The highest BCUT2D eigenvalue weighted by atomic mass is 19.1. The van der Waals surface area contributed by atoms with Gasteiger partial charge in [-0.05, 0) is 31.4 Å². The van der Waals surface area contributed by atoms with Crippen molar-refractivity contribution in [1.29, 1.82) is 0 Å². The molecule has 1 saturated heterocycles. The second-order valence-electron chi connectivity index (χ2n) is 4.88. The van der Waals surface area contributed by atoms with Crippen molar-refractivity contribution < 1.29 is 9.13 Å². The summed E-state index contributed by atoms with van der Waals surface area (Å²) in [6, 6.07) is 4.91. The summed E-state index contributed by atoms with van der Waals surface area (Å²) in [6.45, 7) is 4.23. The van der Waals surface area contributed by atoms with E-state index in [1.807, 2.05) is 6.07 Å². The van der Waals surface area contributed by atoms with Crippen LogP contribution in [0.15, 0.2) is 18.2 Å². The molecule has 2 rings (SSSR count). The Hall–Kier alpha value is -1.13. The quantitative estimate of drug-likeness (QED) is 0.792. The second-order valence-corrected chi connectivity index (χ2v) is 4.88. The Kier molecular flexibility index (Phi) is 3.64. The summed E-state index contributed by atoms with van der Waals surface area (Å²) in [5.41, 5.74) is 6.70. The Balaban J connectivity index is 1.99. The minimum atomic E-state index is -0.352. The number of anilines is 1. The van der Waals surface area contributed by atoms with E-state index in [1.165, 1.54) is 6.07 Å². The molecule has 1 aromatic rings. The number of halogens is 1. The monoisotopic (exact) mass is 238 g/mol. The number of ether oxygens (including phenoxy) is 1. The molecule has 17 heavy (non-hydrogen) atoms. The van der Waals surface area contributed by atoms with Crippen molar-refractivity contribution in [2.75, 3.05) is 18.9 Å². The Morgan fingerprint density at radius 3 is 3.06 bits per heavy atom. The van der Waals surface area contributed by atoms with E-state index in [9.17, 15) is 4.39 Å². The van der Waals surface area contributed by atoms with Crippen molar-refractivity contribution in [3.8, 4) is 0 Å². The van der Waals surface area contributed by atoms with Gasteiger partial charge in [0.1, 0.15) is 5.82 Å². The SMILES string of the molecule is CC1(NCc2cccc(F)c2N)CCCOC1. The van der Waals surface area contributed by atoms with E-state index < -0.39 is 0 Å². The predicted molar refractivity (Wildman–Crippen MR) is 66.1 cm³/mol. The van der Waals surface area contributed by atoms with Gasteiger partial charge in [-0.1, -0.05) is 12.1 Å². The molecule has 1 aliphatic rings. The average Bonchev–Trinajstić information content (AvgIpc) is 2.32. The van der Waals surface area contributed by atoms with Gasteiger partial charge in [-0.3, -0.25) is 0 Å². The van der Waals surface area contributed by atoms with Crippen LogP contribution in [0, 0.1) is 5.82 Å². The number of nitrogens with one attached hydrogen (secondary N) is 1. The van der Waals surface area contributed by atoms with Crippen molar-refractivity contribution in [2.45, 2.75) is 31.8 Å². The van der Waals surface area contributed by atoms with Crippen LogP contribution in [0.1, 0.15) is 25.3 Å². The number of hydrogen-bond donors (Lipinski definition) is 2. The topological polar surface area (TPSA) is 47.3 Å². The third-order valence-corrected chi connectivity index (χ3v) is 3.29. The third-order valence-electron chi connectivity index (χ3n) is 3.29. The zero-order chi connectivity index (χ0) is 12.3. The van der Waals surface area contributed by atoms with E-state index in [1.54, 1.807) is 6.07 Å². The summed E-state index contributed by atoms with van der Waals surface area (Å²) in [7, 11) is 0. The Bertz CT molecular complexity index is 389. The molecule has 1 unspecified atom stereocenters. The van der Waals surface area contributed by atoms with Crippen molar-refractivity contribution in [3.05, 3.63) is 29.6 Å². The molecule has 0 amide bonds. The lowest BCUT2D eigenvalue weighted by Gasteiger charge is -2.34. The van der Waals surface area contributed by atoms with Gasteiger partial charge in [0, 0.05) is 18.7 Å². The maximum absolute atomic E-state index is 13.3. The highest BCUT2D eigenvalue weighted by Crippen LogP contribution is 2.21. The van der Waals surface area contributed by atoms with Gasteiger partial charge in [0.25, 0.3) is 0 Å². The van der Waals surface area contributed by atoms with Crippen LogP contribution in [0.25, 0.3) is 0 Å². The smallest absolute Gasteiger partial charge is 0.146 e. The molecule has 1 aliphatic heterocycles. The largest absolute Gasteiger partial charge is 0.396 e. The lowest BCUT2D eigenvalue weighted by molar-refractivity contribution is 0.0278. The van der Waals surface area contributed by atoms with Gasteiger partial charge in [0.05, 0.1) is 12.3 Å². The fourth-order valence-electron chi connectivity index (χ4n) is 2.12. The molecule has 1 atom stereocenters. The fraction of sp³-hybridized carbons (Fsp3) is 0.538. The van der Waals surface area contributed by atoms with Gasteiger partial charge >= 0.3 is 0 Å². The van der Waals surface area contributed by atoms with Gasteiger partial charge in [-0.2, -0.15) is 0 Å². The molecule has 3 nitrogen and oxygen atoms in total. The van der Waals surface area contributed by atoms with Crippen LogP contribution in [-0.4, -0.2) is 18.8 Å². The van der Waals surface area contributed by atoms with Crippen molar-refractivity contribution in [2.24, 2.45) is 0 Å². The predicted octanol–water partition coefficient (Wildman–Crippen LogP) is 2.07. The number of hydrogen-bond acceptors (Lipinski definition) is 3. The van der Waals surface area contributed by atoms with Gasteiger partial charge in [0.15, 0.2) is 0 Å². The number of benzene rings is 1. The zero-order valence-corrected chi connectivity index (χ0v) is 10.1. The highest BCUT2D eigenvalue weighted by Gasteiger charge is 2.26. The van der Waals surface area contributed by atoms with Crippen molar-refractivity contribution in [3.63, 3.8) is 0 Å². The Morgan fingerprint density at radius 2 is 2.35 bits per heavy atom. The summed E-state index contributed by atoms with van der Waals surface area (Å²) in [6.07, 6.45) is 2.13. The van der Waals surface area contributed by atoms with Crippen LogP contribution in [0.4, 0.5) is 10.1 Å². The first-order valence-corrected chi connectivity index (χ1v) is 5.96. The fourth-order valence-corrected chi connectivity index (χ4v) is 2.12. The van der Waals surface area contributed by atoms with E-state index >= 15 is 0 Å². The number of nitrogen functional groups attached to an aromatic ring is 1. The molecule has 1 aromatic carbocycles. The van der Waals surface area contributed by atoms with Crippen LogP contribution in [0.2, 0.25) is 0 Å². The van der Waals surface area contributed by atoms with E-state index in [-0.39, 0.29) is 17.0 Å². The molecular formula is C13H19FN2O. The first kappa shape index (κ1) is 12.3. The zero-order valence-electron chi connectivity index (χ0n) is 10.1. The van der Waals surface area contributed by atoms with E-state index in [0.29, 0.717) is 13.2 Å². The third kappa shape index (κ3) is 2.96. The number of nitrogens with two attached hydrogens (primary N) is 1. The maximum Gasteiger partial charge on any atom is 0.146 e. The van der Waals surface area contributed by atoms with Crippen LogP contribution >= 0.6 is 0 Å². The Morgan fingerprint density at radius 1 is 1.53 bits per heavy atom. The van der Waals surface area contributed by atoms with Crippen LogP contribution in [0.3, 0.4) is 0 Å². The first-order chi connectivity index (χ1) is 8.11. The molecule has 94 valence electrons. The second kappa shape index (κ2) is 5.02. The molecule has 0 spiro atoms. The van der Waals surface area contributed by atoms with E-state index in [2.05, 4.69) is 12.2 Å². The van der Waals surface area contributed by atoms with E-state index in [0.717, 1.165) is 25.0 Å². The molecule has 3 N–H and O–H groups in total. The average molecular weight is 238 g/mol.